The van der Waals surface area contributed by atoms with Crippen LogP contribution in [-0.2, 0) is 13.0 Å². The molecule has 4 heterocycles. The predicted molar refractivity (Wildman–Crippen MR) is 122 cm³/mol. The number of aromatic nitrogens is 3. The molecule has 8 nitrogen and oxygen atoms in total. The van der Waals surface area contributed by atoms with Crippen molar-refractivity contribution in [3.05, 3.63) is 72.1 Å². The van der Waals surface area contributed by atoms with E-state index in [1.165, 1.54) is 6.07 Å². The molecule has 1 atom stereocenters. The number of anilines is 1. The van der Waals surface area contributed by atoms with Crippen molar-refractivity contribution in [2.24, 2.45) is 0 Å². The van der Waals surface area contributed by atoms with Gasteiger partial charge in [-0.15, -0.1) is 0 Å². The molecule has 1 N–H and O–H groups in total. The molecule has 0 saturated carbocycles. The van der Waals surface area contributed by atoms with E-state index in [0.29, 0.717) is 24.5 Å². The summed E-state index contributed by atoms with van der Waals surface area (Å²) in [6, 6.07) is 12.4. The van der Waals surface area contributed by atoms with Gasteiger partial charge in [-0.2, -0.15) is 5.10 Å². The fourth-order valence-electron chi connectivity index (χ4n) is 4.41. The molecule has 2 aromatic heterocycles. The number of pyridine rings is 1. The molecule has 2 aliphatic rings. The van der Waals surface area contributed by atoms with E-state index in [-0.39, 0.29) is 17.8 Å². The van der Waals surface area contributed by atoms with Crippen LogP contribution >= 0.6 is 0 Å². The van der Waals surface area contributed by atoms with Crippen molar-refractivity contribution in [2.75, 3.05) is 44.2 Å². The van der Waals surface area contributed by atoms with E-state index in [0.717, 1.165) is 50.6 Å². The van der Waals surface area contributed by atoms with Crippen molar-refractivity contribution in [3.8, 4) is 5.75 Å². The minimum atomic E-state index is -0.180. The standard InChI is InChI=1S/C24H27FN6O2/c25-21-3-1-2-4-23(21)30-13-11-29(12-14-30)10-9-27-24(32)22-16-18-15-20(17-31(18)28-22)33-19-5-7-26-8-6-19/h1-8,16,20H,9-15,17H2,(H,27,32)/t20-/m0/s1. The van der Waals surface area contributed by atoms with Gasteiger partial charge in [-0.05, 0) is 30.3 Å². The molecule has 1 fully saturated rings. The average molecular weight is 451 g/mol. The van der Waals surface area contributed by atoms with E-state index in [4.69, 9.17) is 4.74 Å². The van der Waals surface area contributed by atoms with Crippen molar-refractivity contribution < 1.29 is 13.9 Å². The van der Waals surface area contributed by atoms with E-state index < -0.39 is 0 Å². The number of carbonyl (C=O) groups is 1. The van der Waals surface area contributed by atoms with Crippen molar-refractivity contribution >= 4 is 11.6 Å². The third-order valence-electron chi connectivity index (χ3n) is 6.14. The zero-order valence-electron chi connectivity index (χ0n) is 18.4. The summed E-state index contributed by atoms with van der Waals surface area (Å²) < 4.78 is 21.8. The molecule has 5 rings (SSSR count). The molecule has 9 heteroatoms. The number of carbonyl (C=O) groups excluding carboxylic acids is 1. The minimum absolute atomic E-state index is 0.00930. The van der Waals surface area contributed by atoms with Gasteiger partial charge in [0, 0.05) is 63.8 Å². The number of ether oxygens (including phenoxy) is 1. The molecule has 1 saturated heterocycles. The van der Waals surface area contributed by atoms with Gasteiger partial charge in [-0.3, -0.25) is 19.4 Å². The Balaban J connectivity index is 1.05. The monoisotopic (exact) mass is 450 g/mol. The number of amides is 1. The molecular formula is C24H27FN6O2. The summed E-state index contributed by atoms with van der Waals surface area (Å²) in [6.07, 6.45) is 4.13. The van der Waals surface area contributed by atoms with Gasteiger partial charge in [0.05, 0.1) is 12.2 Å². The highest BCUT2D eigenvalue weighted by Crippen LogP contribution is 2.22. The Labute approximate surface area is 192 Å². The van der Waals surface area contributed by atoms with Crippen LogP contribution in [0.15, 0.2) is 54.9 Å². The van der Waals surface area contributed by atoms with E-state index in [9.17, 15) is 9.18 Å². The lowest BCUT2D eigenvalue weighted by molar-refractivity contribution is 0.0941. The predicted octanol–water partition coefficient (Wildman–Crippen LogP) is 1.97. The SMILES string of the molecule is O=C(NCCN1CCN(c2ccccc2F)CC1)c1cc2n(n1)C[C@@H](Oc1ccncc1)C2. The number of piperazine rings is 1. The van der Waals surface area contributed by atoms with Crippen LogP contribution in [0.25, 0.3) is 0 Å². The van der Waals surface area contributed by atoms with Crippen molar-refractivity contribution in [3.63, 3.8) is 0 Å². The summed E-state index contributed by atoms with van der Waals surface area (Å²) in [5.74, 6) is 0.447. The van der Waals surface area contributed by atoms with E-state index in [2.05, 4.69) is 25.2 Å². The molecule has 33 heavy (non-hydrogen) atoms. The van der Waals surface area contributed by atoms with Crippen LogP contribution in [0.4, 0.5) is 10.1 Å². The number of rotatable bonds is 7. The molecule has 0 radical (unpaired) electrons. The molecule has 0 spiro atoms. The third kappa shape index (κ3) is 4.98. The molecule has 0 aliphatic carbocycles. The van der Waals surface area contributed by atoms with Gasteiger partial charge in [0.25, 0.3) is 5.91 Å². The highest BCUT2D eigenvalue weighted by atomic mass is 19.1. The number of nitrogens with zero attached hydrogens (tertiary/aromatic N) is 5. The van der Waals surface area contributed by atoms with Crippen LogP contribution in [0.1, 0.15) is 16.2 Å². The van der Waals surface area contributed by atoms with Gasteiger partial charge in [-0.25, -0.2) is 4.39 Å². The number of nitrogens with one attached hydrogen (secondary N) is 1. The normalized spacial score (nSPS) is 18.2. The molecule has 172 valence electrons. The lowest BCUT2D eigenvalue weighted by atomic mass is 10.2. The van der Waals surface area contributed by atoms with E-state index in [1.807, 2.05) is 35.0 Å². The Kier molecular flexibility index (Phi) is 6.21. The first-order valence-electron chi connectivity index (χ1n) is 11.3. The maximum absolute atomic E-state index is 14.0. The van der Waals surface area contributed by atoms with Crippen molar-refractivity contribution in [2.45, 2.75) is 19.1 Å². The summed E-state index contributed by atoms with van der Waals surface area (Å²) in [6.45, 7) is 5.14. The second kappa shape index (κ2) is 9.58. The van der Waals surface area contributed by atoms with E-state index in [1.54, 1.807) is 18.5 Å². The van der Waals surface area contributed by atoms with Crippen molar-refractivity contribution in [1.29, 1.82) is 0 Å². The lowest BCUT2D eigenvalue weighted by Crippen LogP contribution is -2.48. The van der Waals surface area contributed by atoms with Gasteiger partial charge in [0.1, 0.15) is 23.4 Å². The maximum Gasteiger partial charge on any atom is 0.271 e. The summed E-state index contributed by atoms with van der Waals surface area (Å²) in [7, 11) is 0. The summed E-state index contributed by atoms with van der Waals surface area (Å²) in [5, 5.41) is 7.43. The quantitative estimate of drug-likeness (QED) is 0.593. The second-order valence-electron chi connectivity index (χ2n) is 8.37. The molecule has 1 amide bonds. The first-order chi connectivity index (χ1) is 16.2. The van der Waals surface area contributed by atoms with Gasteiger partial charge in [-0.1, -0.05) is 12.1 Å². The largest absolute Gasteiger partial charge is 0.488 e. The zero-order valence-corrected chi connectivity index (χ0v) is 18.4. The van der Waals surface area contributed by atoms with Crippen LogP contribution in [0, 0.1) is 5.82 Å². The Morgan fingerprint density at radius 2 is 1.91 bits per heavy atom. The first kappa shape index (κ1) is 21.4. The minimum Gasteiger partial charge on any atom is -0.488 e. The van der Waals surface area contributed by atoms with Gasteiger partial charge < -0.3 is 15.0 Å². The number of hydrogen-bond acceptors (Lipinski definition) is 6. The second-order valence-corrected chi connectivity index (χ2v) is 8.37. The van der Waals surface area contributed by atoms with Crippen LogP contribution in [0.5, 0.6) is 5.75 Å². The molecule has 2 aliphatic heterocycles. The van der Waals surface area contributed by atoms with Crippen LogP contribution < -0.4 is 15.0 Å². The first-order valence-corrected chi connectivity index (χ1v) is 11.3. The topological polar surface area (TPSA) is 75.5 Å². The summed E-state index contributed by atoms with van der Waals surface area (Å²) in [5.41, 5.74) is 2.10. The fraction of sp³-hybridized carbons (Fsp3) is 0.375. The van der Waals surface area contributed by atoms with Gasteiger partial charge in [0.2, 0.25) is 0 Å². The highest BCUT2D eigenvalue weighted by Gasteiger charge is 2.26. The number of hydrogen-bond donors (Lipinski definition) is 1. The van der Waals surface area contributed by atoms with Crippen molar-refractivity contribution in [1.82, 2.24) is 25.0 Å². The Hall–Kier alpha value is -3.46. The number of para-hydroxylation sites is 1. The Bertz CT molecular complexity index is 1070. The zero-order chi connectivity index (χ0) is 22.6. The molecule has 0 bridgehead atoms. The number of halogens is 1. The van der Waals surface area contributed by atoms with Crippen LogP contribution in [0.2, 0.25) is 0 Å². The number of benzene rings is 1. The van der Waals surface area contributed by atoms with Gasteiger partial charge in [0.15, 0.2) is 0 Å². The lowest BCUT2D eigenvalue weighted by Gasteiger charge is -2.36. The van der Waals surface area contributed by atoms with Gasteiger partial charge >= 0.3 is 0 Å². The summed E-state index contributed by atoms with van der Waals surface area (Å²) >= 11 is 0. The Morgan fingerprint density at radius 3 is 2.67 bits per heavy atom. The van der Waals surface area contributed by atoms with E-state index >= 15 is 0 Å². The molecular weight excluding hydrogens is 423 g/mol. The fourth-order valence-corrected chi connectivity index (χ4v) is 4.41. The number of fused-ring (bicyclic) bond motifs is 1. The molecule has 0 unspecified atom stereocenters. The average Bonchev–Trinajstić information content (AvgIpc) is 3.39. The third-order valence-corrected chi connectivity index (χ3v) is 6.14. The molecule has 3 aromatic rings. The Morgan fingerprint density at radius 1 is 1.12 bits per heavy atom. The highest BCUT2D eigenvalue weighted by molar-refractivity contribution is 5.92. The maximum atomic E-state index is 14.0. The van der Waals surface area contributed by atoms with Crippen LogP contribution in [0.3, 0.4) is 0 Å². The summed E-state index contributed by atoms with van der Waals surface area (Å²) in [4.78, 5) is 20.9. The smallest absolute Gasteiger partial charge is 0.271 e. The molecule has 1 aromatic carbocycles. The van der Waals surface area contributed by atoms with Crippen LogP contribution in [-0.4, -0.2) is 70.9 Å².